The number of rotatable bonds is 4. The van der Waals surface area contributed by atoms with E-state index in [9.17, 15) is 0 Å². The molecule has 0 radical (unpaired) electrons. The van der Waals surface area contributed by atoms with Crippen molar-refractivity contribution in [1.82, 2.24) is 14.9 Å². The van der Waals surface area contributed by atoms with Crippen molar-refractivity contribution in [3.8, 4) is 0 Å². The van der Waals surface area contributed by atoms with Crippen LogP contribution in [-0.4, -0.2) is 15.6 Å². The average Bonchev–Trinajstić information content (AvgIpc) is 3.12. The maximum atomic E-state index is 4.59. The van der Waals surface area contributed by atoms with Crippen LogP contribution in [0.5, 0.6) is 0 Å². The smallest absolute Gasteiger partial charge is 0.131 e. The first-order valence-corrected chi connectivity index (χ1v) is 8.81. The van der Waals surface area contributed by atoms with Gasteiger partial charge >= 0.3 is 0 Å². The Labute approximate surface area is 131 Å². The van der Waals surface area contributed by atoms with Crippen molar-refractivity contribution in [3.05, 3.63) is 40.6 Å². The van der Waals surface area contributed by atoms with Crippen molar-refractivity contribution >= 4 is 11.3 Å². The normalized spacial score (nSPS) is 27.7. The molecule has 0 bridgehead atoms. The first-order chi connectivity index (χ1) is 10.2. The Kier molecular flexibility index (Phi) is 4.45. The molecule has 1 aliphatic rings. The molecule has 4 atom stereocenters. The van der Waals surface area contributed by atoms with Crippen LogP contribution in [0, 0.1) is 11.8 Å². The van der Waals surface area contributed by atoms with Gasteiger partial charge in [-0.05, 0) is 29.7 Å². The molecular weight excluding hydrogens is 278 g/mol. The summed E-state index contributed by atoms with van der Waals surface area (Å²) in [5.74, 6) is 2.64. The molecule has 1 saturated carbocycles. The summed E-state index contributed by atoms with van der Waals surface area (Å²) in [7, 11) is 2.08. The molecule has 3 rings (SSSR count). The standard InChI is InChI=1S/C17H25N3S/c1-12-6-4-7-14(13(12)2)19-16(15-8-5-11-21-15)17-18-9-10-20(17)3/h5,8-14,16,19H,4,6-7H2,1-3H3. The third-order valence-corrected chi connectivity index (χ3v) is 5.97. The van der Waals surface area contributed by atoms with Gasteiger partial charge in [0.1, 0.15) is 11.9 Å². The monoisotopic (exact) mass is 303 g/mol. The second-order valence-corrected chi connectivity index (χ2v) is 7.36. The molecule has 0 aliphatic heterocycles. The number of nitrogens with one attached hydrogen (secondary N) is 1. The minimum Gasteiger partial charge on any atom is -0.336 e. The molecule has 1 aliphatic carbocycles. The predicted molar refractivity (Wildman–Crippen MR) is 88.5 cm³/mol. The predicted octanol–water partition coefficient (Wildman–Crippen LogP) is 3.99. The molecule has 21 heavy (non-hydrogen) atoms. The fourth-order valence-corrected chi connectivity index (χ4v) is 4.21. The Morgan fingerprint density at radius 2 is 2.24 bits per heavy atom. The summed E-state index contributed by atoms with van der Waals surface area (Å²) >= 11 is 1.81. The van der Waals surface area contributed by atoms with E-state index in [2.05, 4.69) is 53.3 Å². The molecule has 0 spiro atoms. The van der Waals surface area contributed by atoms with E-state index in [4.69, 9.17) is 0 Å². The number of nitrogens with zero attached hydrogens (tertiary/aromatic N) is 2. The summed E-state index contributed by atoms with van der Waals surface area (Å²) < 4.78 is 2.13. The molecule has 1 N–H and O–H groups in total. The highest BCUT2D eigenvalue weighted by Gasteiger charge is 2.30. The van der Waals surface area contributed by atoms with E-state index in [-0.39, 0.29) is 6.04 Å². The second-order valence-electron chi connectivity index (χ2n) is 6.39. The molecule has 2 aromatic heterocycles. The van der Waals surface area contributed by atoms with Crippen LogP contribution in [0.1, 0.15) is 49.9 Å². The molecule has 3 nitrogen and oxygen atoms in total. The van der Waals surface area contributed by atoms with Gasteiger partial charge in [0.15, 0.2) is 0 Å². The molecule has 0 saturated heterocycles. The Hall–Kier alpha value is -1.13. The van der Waals surface area contributed by atoms with Gasteiger partial charge in [-0.25, -0.2) is 4.98 Å². The summed E-state index contributed by atoms with van der Waals surface area (Å²) in [6.45, 7) is 4.78. The zero-order valence-corrected chi connectivity index (χ0v) is 13.9. The van der Waals surface area contributed by atoms with E-state index in [0.717, 1.165) is 17.7 Å². The lowest BCUT2D eigenvalue weighted by Gasteiger charge is -2.37. The Bertz CT molecular complexity index is 560. The Balaban J connectivity index is 1.85. The fourth-order valence-electron chi connectivity index (χ4n) is 3.43. The Morgan fingerprint density at radius 1 is 1.38 bits per heavy atom. The van der Waals surface area contributed by atoms with Crippen molar-refractivity contribution in [1.29, 1.82) is 0 Å². The Morgan fingerprint density at radius 3 is 2.90 bits per heavy atom. The molecular formula is C17H25N3S. The van der Waals surface area contributed by atoms with Gasteiger partial charge in [-0.2, -0.15) is 0 Å². The highest BCUT2D eigenvalue weighted by Crippen LogP contribution is 2.33. The third kappa shape index (κ3) is 3.06. The van der Waals surface area contributed by atoms with Gasteiger partial charge in [0.25, 0.3) is 0 Å². The molecule has 0 amide bonds. The largest absolute Gasteiger partial charge is 0.336 e. The number of hydrogen-bond donors (Lipinski definition) is 1. The van der Waals surface area contributed by atoms with Crippen LogP contribution in [0.2, 0.25) is 0 Å². The lowest BCUT2D eigenvalue weighted by atomic mass is 9.78. The van der Waals surface area contributed by atoms with Crippen LogP contribution >= 0.6 is 11.3 Å². The zero-order valence-electron chi connectivity index (χ0n) is 13.1. The zero-order chi connectivity index (χ0) is 14.8. The number of imidazole rings is 1. The molecule has 4 heteroatoms. The number of hydrogen-bond acceptors (Lipinski definition) is 3. The number of aryl methyl sites for hydroxylation is 1. The summed E-state index contributed by atoms with van der Waals surface area (Å²) in [5, 5.41) is 6.06. The maximum Gasteiger partial charge on any atom is 0.131 e. The fraction of sp³-hybridized carbons (Fsp3) is 0.588. The minimum absolute atomic E-state index is 0.211. The van der Waals surface area contributed by atoms with Crippen LogP contribution in [0.4, 0.5) is 0 Å². The van der Waals surface area contributed by atoms with E-state index in [0.29, 0.717) is 6.04 Å². The van der Waals surface area contributed by atoms with Crippen LogP contribution < -0.4 is 5.32 Å². The van der Waals surface area contributed by atoms with Crippen LogP contribution in [0.3, 0.4) is 0 Å². The van der Waals surface area contributed by atoms with Crippen molar-refractivity contribution in [2.45, 2.75) is 45.2 Å². The molecule has 1 fully saturated rings. The first kappa shape index (κ1) is 14.8. The van der Waals surface area contributed by atoms with Crippen molar-refractivity contribution in [2.75, 3.05) is 0 Å². The minimum atomic E-state index is 0.211. The van der Waals surface area contributed by atoms with Crippen molar-refractivity contribution in [3.63, 3.8) is 0 Å². The molecule has 4 unspecified atom stereocenters. The summed E-state index contributed by atoms with van der Waals surface area (Å²) in [4.78, 5) is 5.95. The topological polar surface area (TPSA) is 29.9 Å². The van der Waals surface area contributed by atoms with Crippen LogP contribution in [-0.2, 0) is 7.05 Å². The van der Waals surface area contributed by atoms with Gasteiger partial charge in [0, 0.05) is 30.4 Å². The van der Waals surface area contributed by atoms with E-state index in [1.807, 2.05) is 23.7 Å². The van der Waals surface area contributed by atoms with Crippen LogP contribution in [0.25, 0.3) is 0 Å². The first-order valence-electron chi connectivity index (χ1n) is 7.93. The summed E-state index contributed by atoms with van der Waals surface area (Å²) in [5.41, 5.74) is 0. The molecule has 114 valence electrons. The van der Waals surface area contributed by atoms with E-state index in [1.54, 1.807) is 0 Å². The highest BCUT2D eigenvalue weighted by molar-refractivity contribution is 7.10. The SMILES string of the molecule is CC1CCCC(NC(c2cccs2)c2nccn2C)C1C. The number of aromatic nitrogens is 2. The molecule has 2 aromatic rings. The van der Waals surface area contributed by atoms with E-state index < -0.39 is 0 Å². The lowest BCUT2D eigenvalue weighted by molar-refractivity contribution is 0.198. The van der Waals surface area contributed by atoms with E-state index in [1.165, 1.54) is 24.1 Å². The van der Waals surface area contributed by atoms with Gasteiger partial charge in [0.2, 0.25) is 0 Å². The third-order valence-electron chi connectivity index (χ3n) is 5.03. The van der Waals surface area contributed by atoms with Crippen LogP contribution in [0.15, 0.2) is 29.9 Å². The van der Waals surface area contributed by atoms with Gasteiger partial charge in [-0.1, -0.05) is 32.8 Å². The quantitative estimate of drug-likeness (QED) is 0.925. The maximum absolute atomic E-state index is 4.59. The summed E-state index contributed by atoms with van der Waals surface area (Å²) in [6, 6.07) is 5.14. The average molecular weight is 303 g/mol. The van der Waals surface area contributed by atoms with Gasteiger partial charge in [-0.15, -0.1) is 11.3 Å². The molecule has 0 aromatic carbocycles. The van der Waals surface area contributed by atoms with Crippen molar-refractivity contribution < 1.29 is 0 Å². The van der Waals surface area contributed by atoms with E-state index >= 15 is 0 Å². The van der Waals surface area contributed by atoms with Crippen molar-refractivity contribution in [2.24, 2.45) is 18.9 Å². The van der Waals surface area contributed by atoms with Gasteiger partial charge < -0.3 is 4.57 Å². The lowest BCUT2D eigenvalue weighted by Crippen LogP contribution is -2.43. The van der Waals surface area contributed by atoms with Gasteiger partial charge in [-0.3, -0.25) is 5.32 Å². The summed E-state index contributed by atoms with van der Waals surface area (Å²) in [6.07, 6.45) is 7.90. The second kappa shape index (κ2) is 6.32. The molecule has 2 heterocycles. The number of thiophene rings is 1. The van der Waals surface area contributed by atoms with Gasteiger partial charge in [0.05, 0.1) is 0 Å². The highest BCUT2D eigenvalue weighted by atomic mass is 32.1.